The van der Waals surface area contributed by atoms with E-state index in [1.807, 2.05) is 6.92 Å². The van der Waals surface area contributed by atoms with Gasteiger partial charge < -0.3 is 4.74 Å². The molecule has 0 spiro atoms. The van der Waals surface area contributed by atoms with Gasteiger partial charge in [0.05, 0.1) is 17.9 Å². The predicted molar refractivity (Wildman–Crippen MR) is 67.2 cm³/mol. The van der Waals surface area contributed by atoms with Crippen molar-refractivity contribution in [2.45, 2.75) is 45.3 Å². The van der Waals surface area contributed by atoms with Gasteiger partial charge in [0.1, 0.15) is 0 Å². The fourth-order valence-corrected chi connectivity index (χ4v) is 1.86. The van der Waals surface area contributed by atoms with Crippen molar-refractivity contribution >= 4 is 17.7 Å². The fourth-order valence-electron chi connectivity index (χ4n) is 0.992. The molecule has 0 aliphatic heterocycles. The molecule has 1 atom stereocenters. The molecule has 0 fully saturated rings. The average molecular weight is 243 g/mol. The molecule has 0 radical (unpaired) electrons. The third-order valence-corrected chi connectivity index (χ3v) is 3.29. The van der Waals surface area contributed by atoms with E-state index in [0.717, 1.165) is 18.6 Å². The first-order chi connectivity index (χ1) is 7.57. The zero-order valence-electron chi connectivity index (χ0n) is 10.4. The van der Waals surface area contributed by atoms with Crippen LogP contribution in [0, 0.1) is 17.2 Å². The van der Waals surface area contributed by atoms with Crippen LogP contribution in [0.25, 0.3) is 0 Å². The van der Waals surface area contributed by atoms with Crippen molar-refractivity contribution in [3.8, 4) is 6.07 Å². The van der Waals surface area contributed by atoms with Crippen LogP contribution in [0.15, 0.2) is 0 Å². The van der Waals surface area contributed by atoms with Gasteiger partial charge in [0, 0.05) is 6.42 Å². The monoisotopic (exact) mass is 243 g/mol. The standard InChI is InChI=1S/C12H21NO2S/c1-10(2)6-8-15-12(14)11(3)16-9-5-4-7-13/h10-11H,4-6,8-9H2,1-3H3. The maximum Gasteiger partial charge on any atom is 0.318 e. The molecule has 0 amide bonds. The largest absolute Gasteiger partial charge is 0.465 e. The van der Waals surface area contributed by atoms with E-state index in [9.17, 15) is 4.79 Å². The van der Waals surface area contributed by atoms with Gasteiger partial charge in [-0.3, -0.25) is 4.79 Å². The van der Waals surface area contributed by atoms with Crippen molar-refractivity contribution in [1.82, 2.24) is 0 Å². The second-order valence-electron chi connectivity index (χ2n) is 4.12. The van der Waals surface area contributed by atoms with Gasteiger partial charge in [0.25, 0.3) is 0 Å². The Balaban J connectivity index is 3.54. The van der Waals surface area contributed by atoms with Crippen LogP contribution in [0.4, 0.5) is 0 Å². The number of nitrogens with zero attached hydrogens (tertiary/aromatic N) is 1. The zero-order chi connectivity index (χ0) is 12.4. The first-order valence-electron chi connectivity index (χ1n) is 5.73. The summed E-state index contributed by atoms with van der Waals surface area (Å²) in [5, 5.41) is 8.24. The van der Waals surface area contributed by atoms with Crippen molar-refractivity contribution in [3.05, 3.63) is 0 Å². The summed E-state index contributed by atoms with van der Waals surface area (Å²) >= 11 is 1.56. The summed E-state index contributed by atoms with van der Waals surface area (Å²) in [4.78, 5) is 11.5. The molecule has 0 heterocycles. The number of rotatable bonds is 8. The highest BCUT2D eigenvalue weighted by molar-refractivity contribution is 8.00. The van der Waals surface area contributed by atoms with Gasteiger partial charge >= 0.3 is 5.97 Å². The molecular formula is C12H21NO2S. The summed E-state index contributed by atoms with van der Waals surface area (Å²) < 4.78 is 5.15. The number of hydrogen-bond acceptors (Lipinski definition) is 4. The summed E-state index contributed by atoms with van der Waals surface area (Å²) in [6.07, 6.45) is 2.31. The smallest absolute Gasteiger partial charge is 0.318 e. The highest BCUT2D eigenvalue weighted by Crippen LogP contribution is 2.14. The lowest BCUT2D eigenvalue weighted by atomic mass is 10.1. The van der Waals surface area contributed by atoms with Crippen molar-refractivity contribution in [1.29, 1.82) is 5.26 Å². The molecule has 16 heavy (non-hydrogen) atoms. The maximum atomic E-state index is 11.5. The van der Waals surface area contributed by atoms with Gasteiger partial charge in [-0.2, -0.15) is 5.26 Å². The van der Waals surface area contributed by atoms with E-state index in [0.29, 0.717) is 18.9 Å². The van der Waals surface area contributed by atoms with Crippen LogP contribution >= 0.6 is 11.8 Å². The summed E-state index contributed by atoms with van der Waals surface area (Å²) in [6.45, 7) is 6.58. The molecule has 0 aromatic heterocycles. The minimum absolute atomic E-state index is 0.120. The van der Waals surface area contributed by atoms with E-state index in [1.54, 1.807) is 11.8 Å². The number of hydrogen-bond donors (Lipinski definition) is 0. The molecule has 0 bridgehead atoms. The Morgan fingerprint density at radius 3 is 2.69 bits per heavy atom. The first-order valence-corrected chi connectivity index (χ1v) is 6.78. The summed E-state index contributed by atoms with van der Waals surface area (Å²) in [5.74, 6) is 1.27. The Morgan fingerprint density at radius 1 is 1.44 bits per heavy atom. The van der Waals surface area contributed by atoms with Gasteiger partial charge in [0.15, 0.2) is 0 Å². The van der Waals surface area contributed by atoms with E-state index in [4.69, 9.17) is 10.00 Å². The van der Waals surface area contributed by atoms with Crippen LogP contribution in [0.2, 0.25) is 0 Å². The van der Waals surface area contributed by atoms with Crippen LogP contribution in [-0.2, 0) is 9.53 Å². The van der Waals surface area contributed by atoms with E-state index < -0.39 is 0 Å². The van der Waals surface area contributed by atoms with Crippen LogP contribution in [-0.4, -0.2) is 23.6 Å². The summed E-state index contributed by atoms with van der Waals surface area (Å²) in [6, 6.07) is 2.09. The highest BCUT2D eigenvalue weighted by Gasteiger charge is 2.14. The number of esters is 1. The van der Waals surface area contributed by atoms with Crippen LogP contribution in [0.1, 0.15) is 40.0 Å². The SMILES string of the molecule is CC(C)CCOC(=O)C(C)SCCCC#N. The van der Waals surface area contributed by atoms with E-state index in [2.05, 4.69) is 19.9 Å². The van der Waals surface area contributed by atoms with Crippen LogP contribution in [0.5, 0.6) is 0 Å². The third-order valence-electron chi connectivity index (χ3n) is 2.07. The molecule has 1 unspecified atom stereocenters. The molecule has 0 aromatic carbocycles. The molecular weight excluding hydrogens is 222 g/mol. The quantitative estimate of drug-likeness (QED) is 0.486. The summed E-state index contributed by atoms with van der Waals surface area (Å²) in [5.41, 5.74) is 0. The van der Waals surface area contributed by atoms with Gasteiger partial charge in [-0.25, -0.2) is 0 Å². The number of unbranched alkanes of at least 4 members (excludes halogenated alkanes) is 1. The minimum Gasteiger partial charge on any atom is -0.465 e. The topological polar surface area (TPSA) is 50.1 Å². The zero-order valence-corrected chi connectivity index (χ0v) is 11.2. The fraction of sp³-hybridized carbons (Fsp3) is 0.833. The van der Waals surface area contributed by atoms with Gasteiger partial charge in [0.2, 0.25) is 0 Å². The normalized spacial score (nSPS) is 12.2. The van der Waals surface area contributed by atoms with Crippen molar-refractivity contribution in [2.24, 2.45) is 5.92 Å². The van der Waals surface area contributed by atoms with Gasteiger partial charge in [-0.05, 0) is 31.4 Å². The third kappa shape index (κ3) is 8.60. The number of carbonyl (C=O) groups excluding carboxylic acids is 1. The molecule has 0 aliphatic rings. The lowest BCUT2D eigenvalue weighted by molar-refractivity contribution is -0.142. The molecule has 0 aromatic rings. The van der Waals surface area contributed by atoms with Crippen molar-refractivity contribution in [2.75, 3.05) is 12.4 Å². The predicted octanol–water partition coefficient (Wildman–Crippen LogP) is 3.00. The Bertz CT molecular complexity index is 236. The number of ether oxygens (including phenoxy) is 1. The van der Waals surface area contributed by atoms with Crippen molar-refractivity contribution in [3.63, 3.8) is 0 Å². The van der Waals surface area contributed by atoms with Gasteiger partial charge in [-0.15, -0.1) is 11.8 Å². The average Bonchev–Trinajstić information content (AvgIpc) is 2.23. The van der Waals surface area contributed by atoms with Crippen LogP contribution in [0.3, 0.4) is 0 Å². The molecule has 0 aliphatic carbocycles. The highest BCUT2D eigenvalue weighted by atomic mass is 32.2. The first kappa shape index (κ1) is 15.3. The molecule has 92 valence electrons. The lowest BCUT2D eigenvalue weighted by Crippen LogP contribution is -2.18. The molecule has 0 saturated heterocycles. The summed E-state index contributed by atoms with van der Waals surface area (Å²) in [7, 11) is 0. The number of thioether (sulfide) groups is 1. The lowest BCUT2D eigenvalue weighted by Gasteiger charge is -2.11. The molecule has 0 N–H and O–H groups in total. The maximum absolute atomic E-state index is 11.5. The Labute approximate surface area is 103 Å². The van der Waals surface area contributed by atoms with E-state index in [1.165, 1.54) is 0 Å². The van der Waals surface area contributed by atoms with Crippen LogP contribution < -0.4 is 0 Å². The minimum atomic E-state index is -0.136. The molecule has 0 rings (SSSR count). The second kappa shape index (κ2) is 9.53. The van der Waals surface area contributed by atoms with E-state index >= 15 is 0 Å². The molecule has 4 heteroatoms. The second-order valence-corrected chi connectivity index (χ2v) is 5.57. The number of carbonyl (C=O) groups is 1. The van der Waals surface area contributed by atoms with Gasteiger partial charge in [-0.1, -0.05) is 13.8 Å². The molecule has 3 nitrogen and oxygen atoms in total. The Hall–Kier alpha value is -0.690. The molecule has 0 saturated carbocycles. The number of nitriles is 1. The Kier molecular flexibility index (Phi) is 9.12. The van der Waals surface area contributed by atoms with Crippen molar-refractivity contribution < 1.29 is 9.53 Å². The Morgan fingerprint density at radius 2 is 2.12 bits per heavy atom. The van der Waals surface area contributed by atoms with E-state index in [-0.39, 0.29) is 11.2 Å².